The molecule has 1 heterocycles. The maximum Gasteiger partial charge on any atom is 0.134 e. The van der Waals surface area contributed by atoms with E-state index in [0.717, 1.165) is 18.0 Å². The first kappa shape index (κ1) is 12.2. The quantitative estimate of drug-likeness (QED) is 0.873. The van der Waals surface area contributed by atoms with Gasteiger partial charge in [0.15, 0.2) is 0 Å². The summed E-state index contributed by atoms with van der Waals surface area (Å²) in [4.78, 5) is 1.71. The predicted molar refractivity (Wildman–Crippen MR) is 67.1 cm³/mol. The molecular weight excluding hydrogens is 240 g/mol. The number of benzene rings is 1. The standard InChI is InChI=1S/C13H13F2NS/c1-2-16-8-9-6-7-12(17-9)13-10(14)4-3-5-11(13)15/h3-7,16H,2,8H2,1H3. The van der Waals surface area contributed by atoms with Crippen LogP contribution in [0.25, 0.3) is 10.4 Å². The van der Waals surface area contributed by atoms with E-state index in [-0.39, 0.29) is 5.56 Å². The van der Waals surface area contributed by atoms with Gasteiger partial charge in [-0.3, -0.25) is 0 Å². The minimum absolute atomic E-state index is 0.0697. The predicted octanol–water partition coefficient (Wildman–Crippen LogP) is 3.80. The second-order valence-corrected chi connectivity index (χ2v) is 4.81. The van der Waals surface area contributed by atoms with Gasteiger partial charge in [0.25, 0.3) is 0 Å². The van der Waals surface area contributed by atoms with E-state index < -0.39 is 11.6 Å². The molecule has 17 heavy (non-hydrogen) atoms. The van der Waals surface area contributed by atoms with Crippen molar-refractivity contribution in [1.29, 1.82) is 0 Å². The molecule has 90 valence electrons. The average Bonchev–Trinajstić information content (AvgIpc) is 2.75. The van der Waals surface area contributed by atoms with Crippen LogP contribution in [0, 0.1) is 11.6 Å². The van der Waals surface area contributed by atoms with Gasteiger partial charge in [-0.15, -0.1) is 11.3 Å². The molecule has 0 bridgehead atoms. The summed E-state index contributed by atoms with van der Waals surface area (Å²) in [6.07, 6.45) is 0. The van der Waals surface area contributed by atoms with Crippen molar-refractivity contribution in [2.45, 2.75) is 13.5 Å². The summed E-state index contributed by atoms with van der Waals surface area (Å²) in [6.45, 7) is 3.63. The molecule has 1 nitrogen and oxygen atoms in total. The van der Waals surface area contributed by atoms with Gasteiger partial charge in [0.2, 0.25) is 0 Å². The Morgan fingerprint density at radius 2 is 1.82 bits per heavy atom. The summed E-state index contributed by atoms with van der Waals surface area (Å²) in [5.41, 5.74) is 0.0697. The topological polar surface area (TPSA) is 12.0 Å². The zero-order valence-electron chi connectivity index (χ0n) is 9.47. The summed E-state index contributed by atoms with van der Waals surface area (Å²) >= 11 is 1.41. The highest BCUT2D eigenvalue weighted by molar-refractivity contribution is 7.15. The molecule has 0 aliphatic rings. The van der Waals surface area contributed by atoms with Gasteiger partial charge in [-0.25, -0.2) is 8.78 Å². The zero-order valence-corrected chi connectivity index (χ0v) is 10.3. The molecule has 1 N–H and O–H groups in total. The molecule has 0 atom stereocenters. The molecule has 0 spiro atoms. The number of thiophene rings is 1. The van der Waals surface area contributed by atoms with Gasteiger partial charge in [0.05, 0.1) is 5.56 Å². The third-order valence-electron chi connectivity index (χ3n) is 2.42. The van der Waals surface area contributed by atoms with E-state index in [1.807, 2.05) is 13.0 Å². The van der Waals surface area contributed by atoms with E-state index in [9.17, 15) is 8.78 Å². The highest BCUT2D eigenvalue weighted by Gasteiger charge is 2.12. The van der Waals surface area contributed by atoms with Gasteiger partial charge in [0.1, 0.15) is 11.6 Å². The maximum atomic E-state index is 13.5. The molecule has 0 saturated carbocycles. The van der Waals surface area contributed by atoms with Gasteiger partial charge in [0, 0.05) is 16.3 Å². The van der Waals surface area contributed by atoms with Crippen LogP contribution in [0.3, 0.4) is 0 Å². The van der Waals surface area contributed by atoms with Gasteiger partial charge in [-0.1, -0.05) is 13.0 Å². The molecule has 0 amide bonds. The summed E-state index contributed by atoms with van der Waals surface area (Å²) in [6, 6.07) is 7.60. The first-order chi connectivity index (χ1) is 8.22. The Bertz CT molecular complexity index is 488. The Morgan fingerprint density at radius 1 is 1.12 bits per heavy atom. The Balaban J connectivity index is 2.30. The van der Waals surface area contributed by atoms with Crippen LogP contribution < -0.4 is 5.32 Å². The molecule has 0 fully saturated rings. The Hall–Kier alpha value is -1.26. The number of halogens is 2. The van der Waals surface area contributed by atoms with E-state index in [2.05, 4.69) is 5.32 Å². The smallest absolute Gasteiger partial charge is 0.134 e. The van der Waals surface area contributed by atoms with Crippen molar-refractivity contribution < 1.29 is 8.78 Å². The summed E-state index contributed by atoms with van der Waals surface area (Å²) in [5, 5.41) is 3.18. The fourth-order valence-electron chi connectivity index (χ4n) is 1.59. The fourth-order valence-corrected chi connectivity index (χ4v) is 2.61. The number of hydrogen-bond donors (Lipinski definition) is 1. The van der Waals surface area contributed by atoms with Crippen molar-refractivity contribution in [3.8, 4) is 10.4 Å². The molecular formula is C13H13F2NS. The molecule has 0 aliphatic heterocycles. The average molecular weight is 253 g/mol. The largest absolute Gasteiger partial charge is 0.312 e. The molecule has 0 aliphatic carbocycles. The second kappa shape index (κ2) is 5.38. The Kier molecular flexibility index (Phi) is 3.86. The van der Waals surface area contributed by atoms with E-state index in [1.54, 1.807) is 6.07 Å². The lowest BCUT2D eigenvalue weighted by atomic mass is 10.1. The highest BCUT2D eigenvalue weighted by Crippen LogP contribution is 2.32. The van der Waals surface area contributed by atoms with Gasteiger partial charge in [-0.05, 0) is 30.8 Å². The molecule has 2 rings (SSSR count). The third kappa shape index (κ3) is 2.70. The minimum atomic E-state index is -0.512. The van der Waals surface area contributed by atoms with Gasteiger partial charge < -0.3 is 5.32 Å². The molecule has 1 aromatic heterocycles. The van der Waals surface area contributed by atoms with Crippen molar-refractivity contribution in [2.75, 3.05) is 6.54 Å². The summed E-state index contributed by atoms with van der Waals surface area (Å²) in [5.74, 6) is -1.02. The first-order valence-corrected chi connectivity index (χ1v) is 6.28. The van der Waals surface area contributed by atoms with Crippen LogP contribution in [-0.4, -0.2) is 6.54 Å². The highest BCUT2D eigenvalue weighted by atomic mass is 32.1. The van der Waals surface area contributed by atoms with E-state index in [4.69, 9.17) is 0 Å². The monoisotopic (exact) mass is 253 g/mol. The lowest BCUT2D eigenvalue weighted by molar-refractivity contribution is 0.590. The number of rotatable bonds is 4. The van der Waals surface area contributed by atoms with Gasteiger partial charge in [-0.2, -0.15) is 0 Å². The maximum absolute atomic E-state index is 13.5. The molecule has 2 aromatic rings. The van der Waals surface area contributed by atoms with Crippen LogP contribution in [0.2, 0.25) is 0 Å². The Labute approximate surface area is 103 Å². The Morgan fingerprint density at radius 3 is 2.47 bits per heavy atom. The molecule has 1 aromatic carbocycles. The third-order valence-corrected chi connectivity index (χ3v) is 3.52. The minimum Gasteiger partial charge on any atom is -0.312 e. The van der Waals surface area contributed by atoms with Crippen LogP contribution in [0.15, 0.2) is 30.3 Å². The second-order valence-electron chi connectivity index (χ2n) is 3.64. The van der Waals surface area contributed by atoms with Crippen molar-refractivity contribution >= 4 is 11.3 Å². The van der Waals surface area contributed by atoms with Crippen molar-refractivity contribution in [3.63, 3.8) is 0 Å². The van der Waals surface area contributed by atoms with Gasteiger partial charge >= 0.3 is 0 Å². The molecule has 0 unspecified atom stereocenters. The number of hydrogen-bond acceptors (Lipinski definition) is 2. The fraction of sp³-hybridized carbons (Fsp3) is 0.231. The zero-order chi connectivity index (χ0) is 12.3. The number of nitrogens with one attached hydrogen (secondary N) is 1. The normalized spacial score (nSPS) is 10.8. The van der Waals surface area contributed by atoms with Crippen LogP contribution in [-0.2, 0) is 6.54 Å². The summed E-state index contributed by atoms with van der Waals surface area (Å²) < 4.78 is 27.1. The van der Waals surface area contributed by atoms with Crippen molar-refractivity contribution in [2.24, 2.45) is 0 Å². The molecule has 0 saturated heterocycles. The van der Waals surface area contributed by atoms with Crippen molar-refractivity contribution in [1.82, 2.24) is 5.32 Å². The lowest BCUT2D eigenvalue weighted by Gasteiger charge is -2.01. The lowest BCUT2D eigenvalue weighted by Crippen LogP contribution is -2.10. The van der Waals surface area contributed by atoms with Crippen molar-refractivity contribution in [3.05, 3.63) is 46.8 Å². The van der Waals surface area contributed by atoms with E-state index in [1.165, 1.54) is 29.5 Å². The molecule has 0 radical (unpaired) electrons. The van der Waals surface area contributed by atoms with Crippen LogP contribution in [0.4, 0.5) is 8.78 Å². The first-order valence-electron chi connectivity index (χ1n) is 5.46. The molecule has 4 heteroatoms. The van der Waals surface area contributed by atoms with Crippen LogP contribution >= 0.6 is 11.3 Å². The van der Waals surface area contributed by atoms with E-state index >= 15 is 0 Å². The van der Waals surface area contributed by atoms with Crippen LogP contribution in [0.5, 0.6) is 0 Å². The van der Waals surface area contributed by atoms with Crippen LogP contribution in [0.1, 0.15) is 11.8 Å². The summed E-state index contributed by atoms with van der Waals surface area (Å²) in [7, 11) is 0. The SMILES string of the molecule is CCNCc1ccc(-c2c(F)cccc2F)s1. The van der Waals surface area contributed by atoms with E-state index in [0.29, 0.717) is 4.88 Å².